The Hall–Kier alpha value is -2.41. The SMILES string of the molecule is CCNC(=NCCc1csc(C)n1)NCCc1c[nH]c2ccc(F)cc12. The number of halogens is 1. The van der Waals surface area contributed by atoms with E-state index < -0.39 is 0 Å². The fraction of sp³-hybridized carbons (Fsp3) is 0.368. The third-order valence-corrected chi connectivity index (χ3v) is 4.89. The molecule has 3 rings (SSSR count). The van der Waals surface area contributed by atoms with E-state index >= 15 is 0 Å². The summed E-state index contributed by atoms with van der Waals surface area (Å²) < 4.78 is 13.5. The number of thiazole rings is 1. The van der Waals surface area contributed by atoms with Gasteiger partial charge in [0.25, 0.3) is 0 Å². The van der Waals surface area contributed by atoms with Crippen molar-refractivity contribution in [3.05, 3.63) is 51.9 Å². The van der Waals surface area contributed by atoms with Crippen molar-refractivity contribution >= 4 is 28.2 Å². The van der Waals surface area contributed by atoms with Crippen LogP contribution in [0.4, 0.5) is 4.39 Å². The van der Waals surface area contributed by atoms with Crippen LogP contribution in [0, 0.1) is 12.7 Å². The molecule has 0 spiro atoms. The molecule has 0 saturated carbocycles. The molecule has 3 N–H and O–H groups in total. The van der Waals surface area contributed by atoms with E-state index in [1.165, 1.54) is 6.07 Å². The minimum absolute atomic E-state index is 0.210. The van der Waals surface area contributed by atoms with E-state index in [1.807, 2.05) is 20.0 Å². The van der Waals surface area contributed by atoms with Crippen molar-refractivity contribution in [2.75, 3.05) is 19.6 Å². The first kappa shape index (κ1) is 18.4. The van der Waals surface area contributed by atoms with Crippen molar-refractivity contribution in [1.29, 1.82) is 0 Å². The standard InChI is InChI=1S/C19H24FN5S/c1-3-21-19(23-9-7-16-12-26-13(2)25-16)22-8-6-14-11-24-18-5-4-15(20)10-17(14)18/h4-5,10-12,24H,3,6-9H2,1-2H3,(H2,21,22,23). The number of nitrogens with one attached hydrogen (secondary N) is 3. The Morgan fingerprint density at radius 3 is 2.96 bits per heavy atom. The number of aromatic amines is 1. The molecular weight excluding hydrogens is 349 g/mol. The molecule has 3 aromatic rings. The first-order chi connectivity index (χ1) is 12.7. The molecule has 5 nitrogen and oxygen atoms in total. The molecule has 0 radical (unpaired) electrons. The quantitative estimate of drug-likeness (QED) is 0.439. The van der Waals surface area contributed by atoms with Gasteiger partial charge in [-0.3, -0.25) is 4.99 Å². The topological polar surface area (TPSA) is 65.1 Å². The number of guanidine groups is 1. The molecular formula is C19H24FN5S. The lowest BCUT2D eigenvalue weighted by Crippen LogP contribution is -2.38. The summed E-state index contributed by atoms with van der Waals surface area (Å²) in [4.78, 5) is 12.3. The lowest BCUT2D eigenvalue weighted by molar-refractivity contribution is 0.629. The summed E-state index contributed by atoms with van der Waals surface area (Å²) in [5.41, 5.74) is 3.15. The molecule has 26 heavy (non-hydrogen) atoms. The fourth-order valence-electron chi connectivity index (χ4n) is 2.82. The van der Waals surface area contributed by atoms with E-state index in [-0.39, 0.29) is 5.82 Å². The molecule has 0 aliphatic carbocycles. The first-order valence-electron chi connectivity index (χ1n) is 8.84. The van der Waals surface area contributed by atoms with Crippen LogP contribution in [0.5, 0.6) is 0 Å². The van der Waals surface area contributed by atoms with Gasteiger partial charge in [0.15, 0.2) is 5.96 Å². The van der Waals surface area contributed by atoms with Gasteiger partial charge in [-0.15, -0.1) is 11.3 Å². The number of nitrogens with zero attached hydrogens (tertiary/aromatic N) is 2. The summed E-state index contributed by atoms with van der Waals surface area (Å²) >= 11 is 1.67. The maximum atomic E-state index is 13.5. The highest BCUT2D eigenvalue weighted by molar-refractivity contribution is 7.09. The van der Waals surface area contributed by atoms with E-state index in [4.69, 9.17) is 0 Å². The van der Waals surface area contributed by atoms with E-state index in [9.17, 15) is 4.39 Å². The van der Waals surface area contributed by atoms with Crippen LogP contribution < -0.4 is 10.6 Å². The molecule has 2 heterocycles. The zero-order valence-corrected chi connectivity index (χ0v) is 15.9. The summed E-state index contributed by atoms with van der Waals surface area (Å²) in [6, 6.07) is 4.82. The van der Waals surface area contributed by atoms with Gasteiger partial charge in [0.1, 0.15) is 5.82 Å². The predicted molar refractivity (Wildman–Crippen MR) is 106 cm³/mol. The van der Waals surface area contributed by atoms with Crippen molar-refractivity contribution in [3.8, 4) is 0 Å². The minimum atomic E-state index is -0.210. The molecule has 0 fully saturated rings. The van der Waals surface area contributed by atoms with Crippen LogP contribution in [-0.4, -0.2) is 35.6 Å². The lowest BCUT2D eigenvalue weighted by atomic mass is 10.1. The van der Waals surface area contributed by atoms with E-state index in [0.717, 1.165) is 59.1 Å². The maximum absolute atomic E-state index is 13.5. The Kier molecular flexibility index (Phi) is 6.22. The van der Waals surface area contributed by atoms with Gasteiger partial charge in [0, 0.05) is 48.5 Å². The van der Waals surface area contributed by atoms with E-state index in [0.29, 0.717) is 6.54 Å². The third-order valence-electron chi connectivity index (χ3n) is 4.06. The second-order valence-corrected chi connectivity index (χ2v) is 7.11. The van der Waals surface area contributed by atoms with Crippen LogP contribution in [0.1, 0.15) is 23.2 Å². The van der Waals surface area contributed by atoms with Crippen LogP contribution in [0.25, 0.3) is 10.9 Å². The highest BCUT2D eigenvalue weighted by atomic mass is 32.1. The smallest absolute Gasteiger partial charge is 0.191 e. The Bertz CT molecular complexity index is 883. The van der Waals surface area contributed by atoms with Crippen LogP contribution in [0.2, 0.25) is 0 Å². The maximum Gasteiger partial charge on any atom is 0.191 e. The van der Waals surface area contributed by atoms with Gasteiger partial charge in [-0.05, 0) is 44.0 Å². The molecule has 0 saturated heterocycles. The van der Waals surface area contributed by atoms with Gasteiger partial charge in [-0.1, -0.05) is 0 Å². The molecule has 0 amide bonds. The number of rotatable bonds is 7. The van der Waals surface area contributed by atoms with Crippen LogP contribution >= 0.6 is 11.3 Å². The molecule has 0 aliphatic heterocycles. The average molecular weight is 374 g/mol. The van der Waals surface area contributed by atoms with Crippen molar-refractivity contribution in [2.45, 2.75) is 26.7 Å². The number of fused-ring (bicyclic) bond motifs is 1. The number of aryl methyl sites for hydroxylation is 1. The number of aromatic nitrogens is 2. The highest BCUT2D eigenvalue weighted by Crippen LogP contribution is 2.19. The Morgan fingerprint density at radius 1 is 1.31 bits per heavy atom. The molecule has 7 heteroatoms. The molecule has 138 valence electrons. The molecule has 0 aliphatic rings. The van der Waals surface area contributed by atoms with Crippen LogP contribution in [-0.2, 0) is 12.8 Å². The van der Waals surface area contributed by atoms with E-state index in [1.54, 1.807) is 23.5 Å². The minimum Gasteiger partial charge on any atom is -0.361 e. The predicted octanol–water partition coefficient (Wildman–Crippen LogP) is 3.41. The van der Waals surface area contributed by atoms with Crippen LogP contribution in [0.15, 0.2) is 34.8 Å². The number of H-pyrrole nitrogens is 1. The Morgan fingerprint density at radius 2 is 2.19 bits per heavy atom. The van der Waals surface area contributed by atoms with Crippen molar-refractivity contribution < 1.29 is 4.39 Å². The van der Waals surface area contributed by atoms with Gasteiger partial charge < -0.3 is 15.6 Å². The second kappa shape index (κ2) is 8.80. The highest BCUT2D eigenvalue weighted by Gasteiger charge is 2.05. The molecule has 0 atom stereocenters. The normalized spacial score (nSPS) is 11.9. The number of hydrogen-bond donors (Lipinski definition) is 3. The van der Waals surface area contributed by atoms with Crippen molar-refractivity contribution in [2.24, 2.45) is 4.99 Å². The molecule has 1 aromatic carbocycles. The summed E-state index contributed by atoms with van der Waals surface area (Å²) in [6.45, 7) is 6.28. The van der Waals surface area contributed by atoms with Gasteiger partial charge in [0.2, 0.25) is 0 Å². The zero-order chi connectivity index (χ0) is 18.4. The molecule has 0 unspecified atom stereocenters. The summed E-state index contributed by atoms with van der Waals surface area (Å²) in [5.74, 6) is 0.587. The number of hydrogen-bond acceptors (Lipinski definition) is 3. The van der Waals surface area contributed by atoms with Gasteiger partial charge in [-0.25, -0.2) is 9.37 Å². The lowest BCUT2D eigenvalue weighted by Gasteiger charge is -2.11. The second-order valence-electron chi connectivity index (χ2n) is 6.05. The average Bonchev–Trinajstić information content (AvgIpc) is 3.21. The Balaban J connectivity index is 1.54. The zero-order valence-electron chi connectivity index (χ0n) is 15.1. The summed E-state index contributed by atoms with van der Waals surface area (Å²) in [7, 11) is 0. The van der Waals surface area contributed by atoms with Gasteiger partial charge in [0.05, 0.1) is 10.7 Å². The first-order valence-corrected chi connectivity index (χ1v) is 9.72. The van der Waals surface area contributed by atoms with Gasteiger partial charge >= 0.3 is 0 Å². The summed E-state index contributed by atoms with van der Waals surface area (Å²) in [5, 5.41) is 10.7. The molecule has 2 aromatic heterocycles. The monoisotopic (exact) mass is 373 g/mol. The van der Waals surface area contributed by atoms with Gasteiger partial charge in [-0.2, -0.15) is 0 Å². The number of aliphatic imine (C=N–C) groups is 1. The largest absolute Gasteiger partial charge is 0.361 e. The molecule has 0 bridgehead atoms. The third kappa shape index (κ3) is 4.82. The van der Waals surface area contributed by atoms with Crippen molar-refractivity contribution in [3.63, 3.8) is 0 Å². The number of benzene rings is 1. The van der Waals surface area contributed by atoms with Crippen molar-refractivity contribution in [1.82, 2.24) is 20.6 Å². The van der Waals surface area contributed by atoms with Crippen LogP contribution in [0.3, 0.4) is 0 Å². The van der Waals surface area contributed by atoms with E-state index in [2.05, 4.69) is 31.0 Å². The summed E-state index contributed by atoms with van der Waals surface area (Å²) in [6.07, 6.45) is 3.57. The fourth-order valence-corrected chi connectivity index (χ4v) is 3.47. The Labute approximate surface area is 156 Å².